The van der Waals surface area contributed by atoms with Gasteiger partial charge in [0.05, 0.1) is 18.7 Å². The fourth-order valence-electron chi connectivity index (χ4n) is 3.84. The maximum atomic E-state index is 14.7. The highest BCUT2D eigenvalue weighted by molar-refractivity contribution is 6.46. The number of rotatable bonds is 7. The van der Waals surface area contributed by atoms with Gasteiger partial charge in [0.25, 0.3) is 11.7 Å². The normalized spacial score (nSPS) is 18.1. The van der Waals surface area contributed by atoms with Crippen LogP contribution in [0.2, 0.25) is 0 Å². The Balaban J connectivity index is 2.17. The van der Waals surface area contributed by atoms with Gasteiger partial charge in [-0.15, -0.1) is 0 Å². The Morgan fingerprint density at radius 2 is 1.90 bits per heavy atom. The van der Waals surface area contributed by atoms with Gasteiger partial charge in [-0.25, -0.2) is 4.39 Å². The van der Waals surface area contributed by atoms with E-state index in [9.17, 15) is 19.1 Å². The van der Waals surface area contributed by atoms with Gasteiger partial charge >= 0.3 is 0 Å². The highest BCUT2D eigenvalue weighted by Crippen LogP contribution is 2.41. The summed E-state index contributed by atoms with van der Waals surface area (Å²) in [7, 11) is 1.54. The fraction of sp³-hybridized carbons (Fsp3) is 0.333. The lowest BCUT2D eigenvalue weighted by Gasteiger charge is -2.25. The van der Waals surface area contributed by atoms with Crippen LogP contribution in [0.3, 0.4) is 0 Å². The van der Waals surface area contributed by atoms with Crippen molar-refractivity contribution >= 4 is 17.4 Å². The Bertz CT molecular complexity index is 998. The van der Waals surface area contributed by atoms with Crippen LogP contribution in [-0.4, -0.2) is 35.4 Å². The van der Waals surface area contributed by atoms with E-state index in [2.05, 4.69) is 0 Å². The summed E-state index contributed by atoms with van der Waals surface area (Å²) in [6, 6.07) is 10.1. The van der Waals surface area contributed by atoms with E-state index >= 15 is 0 Å². The number of amides is 1. The van der Waals surface area contributed by atoms with E-state index in [4.69, 9.17) is 4.74 Å². The van der Waals surface area contributed by atoms with Crippen LogP contribution in [0, 0.1) is 12.7 Å². The van der Waals surface area contributed by atoms with Gasteiger partial charge in [0.15, 0.2) is 0 Å². The smallest absolute Gasteiger partial charge is 0.295 e. The van der Waals surface area contributed by atoms with Crippen molar-refractivity contribution < 1.29 is 23.8 Å². The molecule has 1 heterocycles. The third-order valence-corrected chi connectivity index (χ3v) is 5.43. The molecule has 0 radical (unpaired) electrons. The van der Waals surface area contributed by atoms with Crippen LogP contribution in [0.1, 0.15) is 48.9 Å². The average Bonchev–Trinajstić information content (AvgIpc) is 2.98. The van der Waals surface area contributed by atoms with Crippen LogP contribution in [0.25, 0.3) is 5.76 Å². The quantitative estimate of drug-likeness (QED) is 0.309. The zero-order valence-electron chi connectivity index (χ0n) is 17.4. The molecule has 1 atom stereocenters. The number of benzene rings is 2. The maximum Gasteiger partial charge on any atom is 0.295 e. The van der Waals surface area contributed by atoms with E-state index in [1.165, 1.54) is 18.1 Å². The molecular weight excluding hydrogens is 385 g/mol. The topological polar surface area (TPSA) is 66.8 Å². The van der Waals surface area contributed by atoms with Gasteiger partial charge < -0.3 is 14.7 Å². The second-order valence-corrected chi connectivity index (χ2v) is 7.40. The fourth-order valence-corrected chi connectivity index (χ4v) is 3.84. The van der Waals surface area contributed by atoms with Crippen LogP contribution in [0.5, 0.6) is 5.75 Å². The van der Waals surface area contributed by atoms with E-state index in [0.717, 1.165) is 12.8 Å². The summed E-state index contributed by atoms with van der Waals surface area (Å²) in [6.45, 7) is 4.12. The van der Waals surface area contributed by atoms with Gasteiger partial charge in [0, 0.05) is 17.7 Å². The molecule has 1 saturated heterocycles. The van der Waals surface area contributed by atoms with Crippen molar-refractivity contribution in [3.05, 3.63) is 70.5 Å². The molecule has 1 fully saturated rings. The molecule has 1 amide bonds. The first kappa shape index (κ1) is 21.6. The molecule has 0 saturated carbocycles. The number of unbranched alkanes of at least 4 members (excludes halogenated alkanes) is 2. The summed E-state index contributed by atoms with van der Waals surface area (Å²) in [5, 5.41) is 11.1. The molecule has 5 nitrogen and oxygen atoms in total. The molecule has 3 rings (SSSR count). The molecule has 2 aromatic carbocycles. The molecule has 1 aliphatic rings. The predicted molar refractivity (Wildman–Crippen MR) is 113 cm³/mol. The van der Waals surface area contributed by atoms with Gasteiger partial charge in [0.1, 0.15) is 17.3 Å². The van der Waals surface area contributed by atoms with Crippen molar-refractivity contribution in [2.75, 3.05) is 13.7 Å². The lowest BCUT2D eigenvalue weighted by molar-refractivity contribution is -0.139. The third kappa shape index (κ3) is 3.95. The minimum atomic E-state index is -0.968. The number of aliphatic hydroxyl groups is 1. The molecule has 2 aromatic rings. The summed E-state index contributed by atoms with van der Waals surface area (Å²) in [5.41, 5.74) is 1.19. The van der Waals surface area contributed by atoms with Crippen molar-refractivity contribution in [1.82, 2.24) is 4.90 Å². The standard InChI is InChI=1S/C24H26FNO4/c1-4-5-8-13-26-21(18-9-6-7-10-19(18)25)20(23(28)24(26)29)22(27)17-12-11-16(30-3)14-15(17)2/h6-7,9-12,14,21,27H,4-5,8,13H2,1-3H3/b22-20+. The number of ether oxygens (including phenoxy) is 1. The zero-order chi connectivity index (χ0) is 21.8. The van der Waals surface area contributed by atoms with Gasteiger partial charge in [-0.2, -0.15) is 0 Å². The van der Waals surface area contributed by atoms with Gasteiger partial charge in [-0.3, -0.25) is 9.59 Å². The first-order valence-electron chi connectivity index (χ1n) is 10.1. The number of methoxy groups -OCH3 is 1. The summed E-state index contributed by atoms with van der Waals surface area (Å²) >= 11 is 0. The van der Waals surface area contributed by atoms with E-state index in [1.54, 1.807) is 43.3 Å². The number of halogens is 1. The number of aryl methyl sites for hydroxylation is 1. The third-order valence-electron chi connectivity index (χ3n) is 5.43. The largest absolute Gasteiger partial charge is 0.507 e. The average molecular weight is 411 g/mol. The zero-order valence-corrected chi connectivity index (χ0v) is 17.4. The van der Waals surface area contributed by atoms with E-state index in [0.29, 0.717) is 29.8 Å². The number of likely N-dealkylation sites (tertiary alicyclic amines) is 1. The summed E-state index contributed by atoms with van der Waals surface area (Å²) in [5.74, 6) is -1.74. The molecule has 0 spiro atoms. The minimum absolute atomic E-state index is 0.0881. The number of hydrogen-bond acceptors (Lipinski definition) is 4. The lowest BCUT2D eigenvalue weighted by atomic mass is 9.93. The highest BCUT2D eigenvalue weighted by Gasteiger charge is 2.46. The van der Waals surface area contributed by atoms with Crippen molar-refractivity contribution in [2.45, 2.75) is 39.2 Å². The molecular formula is C24H26FNO4. The summed E-state index contributed by atoms with van der Waals surface area (Å²) < 4.78 is 19.9. The van der Waals surface area contributed by atoms with E-state index in [-0.39, 0.29) is 16.9 Å². The van der Waals surface area contributed by atoms with Gasteiger partial charge in [0.2, 0.25) is 0 Å². The van der Waals surface area contributed by atoms with Crippen molar-refractivity contribution in [3.8, 4) is 5.75 Å². The molecule has 1 unspecified atom stereocenters. The molecule has 1 N–H and O–H groups in total. The predicted octanol–water partition coefficient (Wildman–Crippen LogP) is 4.75. The summed E-state index contributed by atoms with van der Waals surface area (Å²) in [6.07, 6.45) is 2.51. The second kappa shape index (κ2) is 9.11. The molecule has 0 aromatic heterocycles. The molecule has 0 aliphatic carbocycles. The molecule has 6 heteroatoms. The SMILES string of the molecule is CCCCCN1C(=O)C(=O)/C(=C(/O)c2ccc(OC)cc2C)C1c1ccccc1F. The lowest BCUT2D eigenvalue weighted by Crippen LogP contribution is -2.31. The molecule has 30 heavy (non-hydrogen) atoms. The Hall–Kier alpha value is -3.15. The number of aliphatic hydroxyl groups excluding tert-OH is 1. The number of hydrogen-bond donors (Lipinski definition) is 1. The number of ketones is 1. The summed E-state index contributed by atoms with van der Waals surface area (Å²) in [4.78, 5) is 27.1. The van der Waals surface area contributed by atoms with Crippen LogP contribution < -0.4 is 4.74 Å². The number of carbonyl (C=O) groups is 2. The Labute approximate surface area is 175 Å². The van der Waals surface area contributed by atoms with Crippen molar-refractivity contribution in [3.63, 3.8) is 0 Å². The number of carbonyl (C=O) groups excluding carboxylic acids is 2. The minimum Gasteiger partial charge on any atom is -0.507 e. The Morgan fingerprint density at radius 3 is 2.53 bits per heavy atom. The highest BCUT2D eigenvalue weighted by atomic mass is 19.1. The first-order chi connectivity index (χ1) is 14.4. The first-order valence-corrected chi connectivity index (χ1v) is 10.1. The van der Waals surface area contributed by atoms with E-state index < -0.39 is 23.5 Å². The Kier molecular flexibility index (Phi) is 6.55. The van der Waals surface area contributed by atoms with Crippen LogP contribution in [0.4, 0.5) is 4.39 Å². The van der Waals surface area contributed by atoms with Crippen molar-refractivity contribution in [1.29, 1.82) is 0 Å². The molecule has 0 bridgehead atoms. The van der Waals surface area contributed by atoms with Crippen LogP contribution in [-0.2, 0) is 9.59 Å². The second-order valence-electron chi connectivity index (χ2n) is 7.40. The maximum absolute atomic E-state index is 14.7. The van der Waals surface area contributed by atoms with Crippen LogP contribution >= 0.6 is 0 Å². The molecule has 1 aliphatic heterocycles. The van der Waals surface area contributed by atoms with Crippen molar-refractivity contribution in [2.24, 2.45) is 0 Å². The van der Waals surface area contributed by atoms with E-state index in [1.807, 2.05) is 6.92 Å². The monoisotopic (exact) mass is 411 g/mol. The van der Waals surface area contributed by atoms with Gasteiger partial charge in [-0.05, 0) is 43.2 Å². The Morgan fingerprint density at radius 1 is 1.17 bits per heavy atom. The van der Waals surface area contributed by atoms with Gasteiger partial charge in [-0.1, -0.05) is 38.0 Å². The number of Topliss-reactive ketones (excluding diaryl/α,β-unsaturated/α-hetero) is 1. The molecule has 158 valence electrons. The van der Waals surface area contributed by atoms with Crippen LogP contribution in [0.15, 0.2) is 48.0 Å². The number of nitrogens with zero attached hydrogens (tertiary/aromatic N) is 1.